The second-order valence-electron chi connectivity index (χ2n) is 5.43. The molecule has 0 saturated heterocycles. The normalized spacial score (nSPS) is 11.7. The molecule has 24 heavy (non-hydrogen) atoms. The van der Waals surface area contributed by atoms with Gasteiger partial charge < -0.3 is 20.6 Å². The predicted molar refractivity (Wildman–Crippen MR) is 89.1 cm³/mol. The third-order valence-corrected chi connectivity index (χ3v) is 3.45. The number of hydrogen-bond donors (Lipinski definition) is 3. The van der Waals surface area contributed by atoms with Gasteiger partial charge in [0, 0.05) is 26.3 Å². The second kappa shape index (κ2) is 7.74. The third-order valence-electron chi connectivity index (χ3n) is 3.45. The van der Waals surface area contributed by atoms with Crippen LogP contribution in [-0.2, 0) is 0 Å². The smallest absolute Gasteiger partial charge is 0.319 e. The molecule has 0 aliphatic rings. The van der Waals surface area contributed by atoms with E-state index < -0.39 is 29.5 Å². The van der Waals surface area contributed by atoms with Gasteiger partial charge in [0.25, 0.3) is 0 Å². The van der Waals surface area contributed by atoms with E-state index in [2.05, 4.69) is 10.6 Å². The highest BCUT2D eigenvalue weighted by molar-refractivity contribution is 5.89. The maximum Gasteiger partial charge on any atom is 0.319 e. The van der Waals surface area contributed by atoms with Crippen LogP contribution in [0.15, 0.2) is 42.5 Å². The summed E-state index contributed by atoms with van der Waals surface area (Å²) < 4.78 is 26.9. The summed E-state index contributed by atoms with van der Waals surface area (Å²) in [4.78, 5) is 13.6. The molecular weight excluding hydrogens is 316 g/mol. The van der Waals surface area contributed by atoms with Crippen LogP contribution in [0.3, 0.4) is 0 Å². The fourth-order valence-corrected chi connectivity index (χ4v) is 2.08. The van der Waals surface area contributed by atoms with Crippen LogP contribution >= 0.6 is 0 Å². The number of anilines is 2. The van der Waals surface area contributed by atoms with Gasteiger partial charge in [-0.25, -0.2) is 13.6 Å². The van der Waals surface area contributed by atoms with Crippen LogP contribution in [0.4, 0.5) is 25.0 Å². The Kier molecular flexibility index (Phi) is 5.70. The minimum atomic E-state index is -0.933. The Labute approximate surface area is 138 Å². The van der Waals surface area contributed by atoms with Gasteiger partial charge in [-0.15, -0.1) is 0 Å². The van der Waals surface area contributed by atoms with Crippen molar-refractivity contribution in [3.8, 4) is 0 Å². The Morgan fingerprint density at radius 1 is 1.12 bits per heavy atom. The van der Waals surface area contributed by atoms with E-state index in [0.717, 1.165) is 17.8 Å². The van der Waals surface area contributed by atoms with Crippen molar-refractivity contribution >= 4 is 17.4 Å². The van der Waals surface area contributed by atoms with E-state index in [9.17, 15) is 18.7 Å². The maximum atomic E-state index is 13.4. The van der Waals surface area contributed by atoms with E-state index in [4.69, 9.17) is 0 Å². The quantitative estimate of drug-likeness (QED) is 0.787. The molecule has 2 aromatic carbocycles. The molecule has 0 saturated carbocycles. The average molecular weight is 335 g/mol. The van der Waals surface area contributed by atoms with Gasteiger partial charge in [0.2, 0.25) is 0 Å². The number of carbonyl (C=O) groups excluding carboxylic acids is 1. The number of aliphatic hydroxyl groups is 1. The van der Waals surface area contributed by atoms with E-state index in [0.29, 0.717) is 5.56 Å². The SMILES string of the molecule is CN(C)c1ccc(C(O)CNC(=O)Nc2c(F)cccc2F)cc1. The van der Waals surface area contributed by atoms with Crippen LogP contribution in [0.5, 0.6) is 0 Å². The molecule has 0 aliphatic carbocycles. The van der Waals surface area contributed by atoms with Crippen molar-refractivity contribution in [1.29, 1.82) is 0 Å². The Hall–Kier alpha value is -2.67. The zero-order valence-electron chi connectivity index (χ0n) is 13.4. The molecule has 0 fully saturated rings. The number of benzene rings is 2. The number of rotatable bonds is 5. The van der Waals surface area contributed by atoms with Crippen molar-refractivity contribution < 1.29 is 18.7 Å². The van der Waals surface area contributed by atoms with Gasteiger partial charge in [-0.3, -0.25) is 0 Å². The van der Waals surface area contributed by atoms with Gasteiger partial charge in [0.1, 0.15) is 17.3 Å². The standard InChI is InChI=1S/C17H19F2N3O2/c1-22(2)12-8-6-11(7-9-12)15(23)10-20-17(24)21-16-13(18)4-3-5-14(16)19/h3-9,15,23H,10H2,1-2H3,(H2,20,21,24). The van der Waals surface area contributed by atoms with E-state index in [1.165, 1.54) is 6.07 Å². The Balaban J connectivity index is 1.91. The summed E-state index contributed by atoms with van der Waals surface area (Å²) >= 11 is 0. The maximum absolute atomic E-state index is 13.4. The number of amides is 2. The molecule has 0 heterocycles. The van der Waals surface area contributed by atoms with Crippen LogP contribution < -0.4 is 15.5 Å². The first-order chi connectivity index (χ1) is 11.4. The van der Waals surface area contributed by atoms with Crippen molar-refractivity contribution in [2.45, 2.75) is 6.10 Å². The Morgan fingerprint density at radius 3 is 2.25 bits per heavy atom. The van der Waals surface area contributed by atoms with Crippen molar-refractivity contribution in [2.24, 2.45) is 0 Å². The molecule has 7 heteroatoms. The molecule has 128 valence electrons. The lowest BCUT2D eigenvalue weighted by molar-refractivity contribution is 0.175. The predicted octanol–water partition coefficient (Wildman–Crippen LogP) is 2.89. The minimum absolute atomic E-state index is 0.0940. The number of urea groups is 1. The zero-order chi connectivity index (χ0) is 17.7. The molecule has 2 amide bonds. The van der Waals surface area contributed by atoms with Gasteiger partial charge in [-0.2, -0.15) is 0 Å². The number of halogens is 2. The molecule has 3 N–H and O–H groups in total. The first-order valence-corrected chi connectivity index (χ1v) is 7.32. The zero-order valence-corrected chi connectivity index (χ0v) is 13.4. The van der Waals surface area contributed by atoms with Gasteiger partial charge in [-0.05, 0) is 29.8 Å². The summed E-state index contributed by atoms with van der Waals surface area (Å²) in [7, 11) is 3.80. The van der Waals surface area contributed by atoms with E-state index in [1.54, 1.807) is 12.1 Å². The number of nitrogens with zero attached hydrogens (tertiary/aromatic N) is 1. The fourth-order valence-electron chi connectivity index (χ4n) is 2.08. The van der Waals surface area contributed by atoms with Gasteiger partial charge in [-0.1, -0.05) is 18.2 Å². The fraction of sp³-hybridized carbons (Fsp3) is 0.235. The summed E-state index contributed by atoms with van der Waals surface area (Å²) in [6.07, 6.45) is -0.933. The summed E-state index contributed by atoms with van der Waals surface area (Å²) in [6.45, 7) is -0.0940. The molecule has 2 rings (SSSR count). The number of carbonyl (C=O) groups is 1. The monoisotopic (exact) mass is 335 g/mol. The van der Waals surface area contributed by atoms with Crippen LogP contribution in [0.1, 0.15) is 11.7 Å². The molecule has 1 unspecified atom stereocenters. The van der Waals surface area contributed by atoms with Crippen molar-refractivity contribution in [3.63, 3.8) is 0 Å². The third kappa shape index (κ3) is 4.42. The van der Waals surface area contributed by atoms with Gasteiger partial charge >= 0.3 is 6.03 Å². The molecule has 0 spiro atoms. The Bertz CT molecular complexity index is 685. The molecule has 5 nitrogen and oxygen atoms in total. The summed E-state index contributed by atoms with van der Waals surface area (Å²) in [5.41, 5.74) is 1.07. The van der Waals surface area contributed by atoms with Crippen molar-refractivity contribution in [3.05, 3.63) is 59.7 Å². The van der Waals surface area contributed by atoms with Gasteiger partial charge in [0.15, 0.2) is 0 Å². The highest BCUT2D eigenvalue weighted by Crippen LogP contribution is 2.19. The van der Waals surface area contributed by atoms with E-state index in [1.807, 2.05) is 31.1 Å². The molecular formula is C17H19F2N3O2. The lowest BCUT2D eigenvalue weighted by Gasteiger charge is -2.16. The molecule has 1 atom stereocenters. The Morgan fingerprint density at radius 2 is 1.71 bits per heavy atom. The largest absolute Gasteiger partial charge is 0.387 e. The lowest BCUT2D eigenvalue weighted by Crippen LogP contribution is -2.33. The van der Waals surface area contributed by atoms with Crippen molar-refractivity contribution in [2.75, 3.05) is 30.9 Å². The van der Waals surface area contributed by atoms with E-state index in [-0.39, 0.29) is 6.54 Å². The summed E-state index contributed by atoms with van der Waals surface area (Å²) in [6, 6.07) is 9.66. The number of aliphatic hydroxyl groups excluding tert-OH is 1. The molecule has 2 aromatic rings. The van der Waals surface area contributed by atoms with Crippen LogP contribution in [0.25, 0.3) is 0 Å². The molecule has 0 radical (unpaired) electrons. The number of hydrogen-bond acceptors (Lipinski definition) is 3. The molecule has 0 aromatic heterocycles. The topological polar surface area (TPSA) is 64.6 Å². The summed E-state index contributed by atoms with van der Waals surface area (Å²) in [5, 5.41) is 14.5. The van der Waals surface area contributed by atoms with Crippen LogP contribution in [-0.4, -0.2) is 31.8 Å². The van der Waals surface area contributed by atoms with Crippen LogP contribution in [0.2, 0.25) is 0 Å². The second-order valence-corrected chi connectivity index (χ2v) is 5.43. The summed E-state index contributed by atoms with van der Waals surface area (Å²) in [5.74, 6) is -1.74. The number of nitrogens with one attached hydrogen (secondary N) is 2. The number of para-hydroxylation sites is 1. The first-order valence-electron chi connectivity index (χ1n) is 7.32. The lowest BCUT2D eigenvalue weighted by atomic mass is 10.1. The average Bonchev–Trinajstić information content (AvgIpc) is 2.56. The highest BCUT2D eigenvalue weighted by atomic mass is 19.1. The molecule has 0 aliphatic heterocycles. The minimum Gasteiger partial charge on any atom is -0.387 e. The van der Waals surface area contributed by atoms with Gasteiger partial charge in [0.05, 0.1) is 6.10 Å². The first kappa shape index (κ1) is 17.7. The van der Waals surface area contributed by atoms with Crippen molar-refractivity contribution in [1.82, 2.24) is 5.32 Å². The molecule has 0 bridgehead atoms. The van der Waals surface area contributed by atoms with Crippen LogP contribution in [0, 0.1) is 11.6 Å². The van der Waals surface area contributed by atoms with E-state index >= 15 is 0 Å². The highest BCUT2D eigenvalue weighted by Gasteiger charge is 2.13.